The van der Waals surface area contributed by atoms with Crippen molar-refractivity contribution in [3.05, 3.63) is 21.9 Å². The zero-order chi connectivity index (χ0) is 11.8. The molecule has 1 aromatic rings. The van der Waals surface area contributed by atoms with E-state index in [1.54, 1.807) is 10.4 Å². The number of likely N-dealkylation sites (N-methyl/N-ethyl adjacent to an activating group) is 1. The summed E-state index contributed by atoms with van der Waals surface area (Å²) in [5.74, 6) is 0.869. The van der Waals surface area contributed by atoms with Gasteiger partial charge in [-0.15, -0.1) is 11.3 Å². The van der Waals surface area contributed by atoms with Gasteiger partial charge in [-0.05, 0) is 62.1 Å². The van der Waals surface area contributed by atoms with Gasteiger partial charge < -0.3 is 5.73 Å². The number of fused-ring (bicyclic) bond motifs is 1. The van der Waals surface area contributed by atoms with Crippen molar-refractivity contribution in [3.8, 4) is 0 Å². The van der Waals surface area contributed by atoms with E-state index in [0.29, 0.717) is 12.1 Å². The zero-order valence-corrected chi connectivity index (χ0v) is 11.4. The van der Waals surface area contributed by atoms with Crippen molar-refractivity contribution in [2.75, 3.05) is 13.6 Å². The first kappa shape index (κ1) is 11.7. The highest BCUT2D eigenvalue weighted by Gasteiger charge is 2.37. The van der Waals surface area contributed by atoms with Crippen LogP contribution in [0.1, 0.15) is 42.2 Å². The Morgan fingerprint density at radius 3 is 3.00 bits per heavy atom. The standard InChI is InChI=1S/C14H22N2S/c1-16(13(9-15)10-5-6-10)12-3-2-4-14-11(12)7-8-17-14/h7-8,10,12-13H,2-6,9,15H2,1H3. The quantitative estimate of drug-likeness (QED) is 0.890. The second kappa shape index (κ2) is 4.71. The number of hydrogen-bond donors (Lipinski definition) is 1. The minimum Gasteiger partial charge on any atom is -0.329 e. The highest BCUT2D eigenvalue weighted by atomic mass is 32.1. The van der Waals surface area contributed by atoms with Gasteiger partial charge in [-0.3, -0.25) is 4.90 Å². The molecule has 2 aliphatic rings. The van der Waals surface area contributed by atoms with E-state index in [-0.39, 0.29) is 0 Å². The molecule has 0 aromatic carbocycles. The van der Waals surface area contributed by atoms with Gasteiger partial charge in [0.15, 0.2) is 0 Å². The maximum atomic E-state index is 5.98. The fraction of sp³-hybridized carbons (Fsp3) is 0.714. The van der Waals surface area contributed by atoms with Crippen molar-refractivity contribution in [1.82, 2.24) is 4.90 Å². The van der Waals surface area contributed by atoms with Crippen molar-refractivity contribution >= 4 is 11.3 Å². The van der Waals surface area contributed by atoms with Gasteiger partial charge in [0.05, 0.1) is 0 Å². The molecule has 3 heteroatoms. The van der Waals surface area contributed by atoms with E-state index in [9.17, 15) is 0 Å². The van der Waals surface area contributed by atoms with Gasteiger partial charge in [-0.25, -0.2) is 0 Å². The van der Waals surface area contributed by atoms with Crippen LogP contribution < -0.4 is 5.73 Å². The molecule has 2 aliphatic carbocycles. The molecule has 17 heavy (non-hydrogen) atoms. The van der Waals surface area contributed by atoms with E-state index in [2.05, 4.69) is 23.4 Å². The molecule has 2 nitrogen and oxygen atoms in total. The monoisotopic (exact) mass is 250 g/mol. The second-order valence-electron chi connectivity index (χ2n) is 5.51. The zero-order valence-electron chi connectivity index (χ0n) is 10.6. The van der Waals surface area contributed by atoms with Gasteiger partial charge in [0.25, 0.3) is 0 Å². The molecule has 0 amide bonds. The van der Waals surface area contributed by atoms with Crippen LogP contribution in [0.2, 0.25) is 0 Å². The molecule has 1 fully saturated rings. The van der Waals surface area contributed by atoms with Crippen LogP contribution in [0.5, 0.6) is 0 Å². The van der Waals surface area contributed by atoms with E-state index in [1.807, 2.05) is 11.3 Å². The number of nitrogens with two attached hydrogens (primary N) is 1. The lowest BCUT2D eigenvalue weighted by molar-refractivity contribution is 0.145. The minimum atomic E-state index is 0.603. The Kier molecular flexibility index (Phi) is 3.24. The lowest BCUT2D eigenvalue weighted by Gasteiger charge is -2.37. The average molecular weight is 250 g/mol. The molecule has 2 unspecified atom stereocenters. The lowest BCUT2D eigenvalue weighted by Crippen LogP contribution is -2.42. The molecule has 2 atom stereocenters. The highest BCUT2D eigenvalue weighted by Crippen LogP contribution is 2.41. The van der Waals surface area contributed by atoms with Crippen molar-refractivity contribution in [3.63, 3.8) is 0 Å². The summed E-state index contributed by atoms with van der Waals surface area (Å²) in [5, 5.41) is 2.26. The van der Waals surface area contributed by atoms with Crippen molar-refractivity contribution in [1.29, 1.82) is 0 Å². The van der Waals surface area contributed by atoms with Crippen LogP contribution in [0.25, 0.3) is 0 Å². The molecule has 94 valence electrons. The Bertz CT molecular complexity index is 383. The first-order valence-corrected chi connectivity index (χ1v) is 7.67. The smallest absolute Gasteiger partial charge is 0.0359 e. The number of aryl methyl sites for hydroxylation is 1. The SMILES string of the molecule is CN(C1CCCc2sccc21)C(CN)C1CC1. The Labute approximate surface area is 108 Å². The average Bonchev–Trinajstić information content (AvgIpc) is 3.06. The summed E-state index contributed by atoms with van der Waals surface area (Å²) in [6.45, 7) is 0.817. The Morgan fingerprint density at radius 2 is 2.29 bits per heavy atom. The number of rotatable bonds is 4. The summed E-state index contributed by atoms with van der Waals surface area (Å²) < 4.78 is 0. The molecular weight excluding hydrogens is 228 g/mol. The molecule has 0 bridgehead atoms. The van der Waals surface area contributed by atoms with Crippen LogP contribution in [0, 0.1) is 5.92 Å². The molecule has 0 spiro atoms. The first-order valence-electron chi connectivity index (χ1n) is 6.79. The minimum absolute atomic E-state index is 0.603. The molecule has 0 saturated heterocycles. The van der Waals surface area contributed by atoms with Gasteiger partial charge in [0, 0.05) is 23.5 Å². The van der Waals surface area contributed by atoms with E-state index in [0.717, 1.165) is 12.5 Å². The third kappa shape index (κ3) is 2.16. The van der Waals surface area contributed by atoms with Crippen LogP contribution in [-0.2, 0) is 6.42 Å². The summed E-state index contributed by atoms with van der Waals surface area (Å²) in [7, 11) is 2.28. The maximum Gasteiger partial charge on any atom is 0.0359 e. The van der Waals surface area contributed by atoms with Crippen LogP contribution in [0.15, 0.2) is 11.4 Å². The molecular formula is C14H22N2S. The maximum absolute atomic E-state index is 5.98. The highest BCUT2D eigenvalue weighted by molar-refractivity contribution is 7.10. The first-order chi connectivity index (χ1) is 8.31. The molecule has 1 heterocycles. The van der Waals surface area contributed by atoms with Crippen molar-refractivity contribution in [2.24, 2.45) is 11.7 Å². The van der Waals surface area contributed by atoms with Gasteiger partial charge in [0.1, 0.15) is 0 Å². The van der Waals surface area contributed by atoms with Gasteiger partial charge in [0.2, 0.25) is 0 Å². The van der Waals surface area contributed by atoms with Crippen molar-refractivity contribution in [2.45, 2.75) is 44.2 Å². The molecule has 3 rings (SSSR count). The Hall–Kier alpha value is -0.380. The molecule has 2 N–H and O–H groups in total. The number of nitrogens with zero attached hydrogens (tertiary/aromatic N) is 1. The molecule has 0 radical (unpaired) electrons. The fourth-order valence-corrected chi connectivity index (χ4v) is 4.27. The number of hydrogen-bond acceptors (Lipinski definition) is 3. The largest absolute Gasteiger partial charge is 0.329 e. The summed E-state index contributed by atoms with van der Waals surface area (Å²) in [4.78, 5) is 4.18. The normalized spacial score (nSPS) is 25.9. The summed E-state index contributed by atoms with van der Waals surface area (Å²) in [5.41, 5.74) is 7.56. The van der Waals surface area contributed by atoms with E-state index in [1.165, 1.54) is 32.1 Å². The van der Waals surface area contributed by atoms with Crippen LogP contribution in [0.4, 0.5) is 0 Å². The van der Waals surface area contributed by atoms with Crippen LogP contribution in [0.3, 0.4) is 0 Å². The van der Waals surface area contributed by atoms with Gasteiger partial charge in [-0.2, -0.15) is 0 Å². The summed E-state index contributed by atoms with van der Waals surface area (Å²) in [6.07, 6.45) is 6.70. The Morgan fingerprint density at radius 1 is 1.47 bits per heavy atom. The summed E-state index contributed by atoms with van der Waals surface area (Å²) in [6, 6.07) is 3.56. The third-order valence-corrected chi connectivity index (χ3v) is 5.44. The number of thiophene rings is 1. The third-order valence-electron chi connectivity index (χ3n) is 4.44. The predicted octanol–water partition coefficient (Wildman–Crippen LogP) is 2.79. The Balaban J connectivity index is 1.80. The van der Waals surface area contributed by atoms with Gasteiger partial charge >= 0.3 is 0 Å². The fourth-order valence-electron chi connectivity index (χ4n) is 3.29. The van der Waals surface area contributed by atoms with E-state index < -0.39 is 0 Å². The molecule has 0 aliphatic heterocycles. The lowest BCUT2D eigenvalue weighted by atomic mass is 9.91. The van der Waals surface area contributed by atoms with E-state index >= 15 is 0 Å². The predicted molar refractivity (Wildman–Crippen MR) is 73.3 cm³/mol. The summed E-state index contributed by atoms with van der Waals surface area (Å²) >= 11 is 1.93. The van der Waals surface area contributed by atoms with E-state index in [4.69, 9.17) is 5.73 Å². The van der Waals surface area contributed by atoms with Gasteiger partial charge in [-0.1, -0.05) is 0 Å². The molecule has 1 aromatic heterocycles. The van der Waals surface area contributed by atoms with Crippen molar-refractivity contribution < 1.29 is 0 Å². The van der Waals surface area contributed by atoms with Crippen LogP contribution in [-0.4, -0.2) is 24.5 Å². The molecule has 1 saturated carbocycles. The second-order valence-corrected chi connectivity index (χ2v) is 6.51. The van der Waals surface area contributed by atoms with Crippen LogP contribution >= 0.6 is 11.3 Å². The topological polar surface area (TPSA) is 29.3 Å².